The number of nitrogens with one attached hydrogen (secondary N) is 3. The largest absolute Gasteiger partial charge is 0.489 e. The van der Waals surface area contributed by atoms with Crippen LogP contribution < -0.4 is 31.6 Å². The number of nitrogens with two attached hydrogens (primary N) is 1. The normalized spacial score (nSPS) is 16.0. The summed E-state index contributed by atoms with van der Waals surface area (Å²) in [7, 11) is 0. The van der Waals surface area contributed by atoms with E-state index in [1.54, 1.807) is 18.2 Å². The maximum absolute atomic E-state index is 12.6. The van der Waals surface area contributed by atoms with Gasteiger partial charge < -0.3 is 35.6 Å². The Bertz CT molecular complexity index is 2090. The average Bonchev–Trinajstić information content (AvgIpc) is 3.39. The zero-order valence-electron chi connectivity index (χ0n) is 31.0. The highest BCUT2D eigenvalue weighted by atomic mass is 79.9. The number of aromatic carboxylic acids is 1. The van der Waals surface area contributed by atoms with Gasteiger partial charge in [0.15, 0.2) is 0 Å². The summed E-state index contributed by atoms with van der Waals surface area (Å²) < 4.78 is 13.3. The molecule has 0 bridgehead atoms. The summed E-state index contributed by atoms with van der Waals surface area (Å²) in [6, 6.07) is 10.8. The number of rotatable bonds is 5. The molecule has 13 heteroatoms. The van der Waals surface area contributed by atoms with E-state index in [0.29, 0.717) is 28.8 Å². The molecule has 0 saturated heterocycles. The fraction of sp³-hybridized carbons (Fsp3) is 0.400. The number of benzene rings is 2. The minimum Gasteiger partial charge on any atom is -0.489 e. The van der Waals surface area contributed by atoms with Crippen molar-refractivity contribution >= 4 is 43.7 Å². The number of fused-ring (bicyclic) bond motifs is 2. The Balaban J connectivity index is 0.000000197. The number of carboxylic acid groups (broad SMARTS) is 1. The van der Waals surface area contributed by atoms with E-state index in [4.69, 9.17) is 20.3 Å². The molecule has 2 aliphatic rings. The number of ether oxygens (including phenoxy) is 2. The first kappa shape index (κ1) is 41.6. The van der Waals surface area contributed by atoms with E-state index < -0.39 is 5.97 Å². The Hall–Kier alpha value is -4.20. The van der Waals surface area contributed by atoms with Crippen LogP contribution in [0.3, 0.4) is 0 Å². The lowest BCUT2D eigenvalue weighted by molar-refractivity contribution is 0.0696. The third kappa shape index (κ3) is 11.2. The second-order valence-electron chi connectivity index (χ2n) is 13.6. The number of aryl methyl sites for hydroxylation is 6. The number of aromatic nitrogens is 2. The number of carboxylic acids is 1. The summed E-state index contributed by atoms with van der Waals surface area (Å²) in [5.74, 6) is 0.526. The van der Waals surface area contributed by atoms with E-state index in [2.05, 4.69) is 54.1 Å². The van der Waals surface area contributed by atoms with Crippen LogP contribution in [-0.2, 0) is 25.9 Å². The van der Waals surface area contributed by atoms with Crippen LogP contribution in [0.1, 0.15) is 105 Å². The monoisotopic (exact) mass is 854 g/mol. The Morgan fingerprint density at radius 2 is 1.23 bits per heavy atom. The van der Waals surface area contributed by atoms with Gasteiger partial charge in [-0.2, -0.15) is 0 Å². The zero-order chi connectivity index (χ0) is 39.0. The molecule has 284 valence electrons. The van der Waals surface area contributed by atoms with Crippen LogP contribution in [0.15, 0.2) is 54.9 Å². The zero-order valence-corrected chi connectivity index (χ0v) is 34.2. The molecule has 6 N–H and O–H groups in total. The van der Waals surface area contributed by atoms with E-state index in [0.717, 1.165) is 92.6 Å². The molecular weight excluding hydrogens is 808 g/mol. The van der Waals surface area contributed by atoms with E-state index in [1.165, 1.54) is 0 Å². The lowest BCUT2D eigenvalue weighted by Gasteiger charge is -2.15. The maximum Gasteiger partial charge on any atom is 0.335 e. The van der Waals surface area contributed by atoms with Crippen molar-refractivity contribution < 1.29 is 24.2 Å². The molecule has 53 heavy (non-hydrogen) atoms. The molecular formula is C40H48Br2N4O7. The van der Waals surface area contributed by atoms with Gasteiger partial charge in [-0.3, -0.25) is 14.4 Å². The summed E-state index contributed by atoms with van der Waals surface area (Å²) in [4.78, 5) is 52.3. The molecule has 11 nitrogen and oxygen atoms in total. The third-order valence-corrected chi connectivity index (χ3v) is 10.3. The van der Waals surface area contributed by atoms with E-state index in [1.807, 2.05) is 52.8 Å². The van der Waals surface area contributed by atoms with Gasteiger partial charge in [-0.25, -0.2) is 4.79 Å². The number of hydrogen-bond donors (Lipinski definition) is 5. The minimum atomic E-state index is -0.902. The van der Waals surface area contributed by atoms with E-state index >= 15 is 0 Å². The summed E-state index contributed by atoms with van der Waals surface area (Å²) in [5, 5.41) is 11.8. The molecule has 2 aromatic heterocycles. The Labute approximate surface area is 326 Å². The van der Waals surface area contributed by atoms with Gasteiger partial charge in [0.05, 0.1) is 26.7 Å². The van der Waals surface area contributed by atoms with Crippen LogP contribution in [-0.4, -0.2) is 39.2 Å². The highest BCUT2D eigenvalue weighted by Crippen LogP contribution is 2.36. The standard InChI is InChI=1S/C20H23BrN2O3.C12H13BrO3.C8H12N2O/c1-11-7-12(2)23-20(25)16(11)10-22-19(24)15-8-14-6-4-5-13(3)26-18(14)17(21)9-15;1-7-3-2-4-8-5-9(12(14)15)6-10(13)11(8)16-7;1-5-3-6(2)10-8(11)7(5)4-9/h7-9,13H,4-6,10H2,1-3H3,(H,22,24)(H,23,25);5-7H,2-4H2,1H3,(H,14,15);3H,4,9H2,1-2H3,(H,10,11). The highest BCUT2D eigenvalue weighted by Gasteiger charge is 2.21. The van der Waals surface area contributed by atoms with Crippen LogP contribution in [0.2, 0.25) is 0 Å². The molecule has 4 heterocycles. The number of halogens is 2. The number of H-pyrrole nitrogens is 2. The first-order valence-corrected chi connectivity index (χ1v) is 19.2. The molecule has 2 atom stereocenters. The Morgan fingerprint density at radius 1 is 0.774 bits per heavy atom. The number of pyridine rings is 2. The fourth-order valence-electron chi connectivity index (χ4n) is 6.38. The molecule has 4 aromatic rings. The van der Waals surface area contributed by atoms with Gasteiger partial charge in [-0.1, -0.05) is 0 Å². The van der Waals surface area contributed by atoms with Gasteiger partial charge >= 0.3 is 5.97 Å². The smallest absolute Gasteiger partial charge is 0.335 e. The maximum atomic E-state index is 12.6. The Morgan fingerprint density at radius 3 is 1.68 bits per heavy atom. The summed E-state index contributed by atoms with van der Waals surface area (Å²) in [5.41, 5.74) is 12.8. The fourth-order valence-corrected chi connectivity index (χ4v) is 7.57. The number of amides is 1. The second kappa shape index (κ2) is 18.7. The first-order chi connectivity index (χ1) is 25.1. The second-order valence-corrected chi connectivity index (χ2v) is 15.3. The van der Waals surface area contributed by atoms with Crippen molar-refractivity contribution in [1.29, 1.82) is 0 Å². The van der Waals surface area contributed by atoms with Gasteiger partial charge in [0.25, 0.3) is 17.0 Å². The average molecular weight is 857 g/mol. The minimum absolute atomic E-state index is 0.0648. The van der Waals surface area contributed by atoms with Crippen molar-refractivity contribution in [2.45, 2.75) is 105 Å². The van der Waals surface area contributed by atoms with E-state index in [-0.39, 0.29) is 35.8 Å². The Kier molecular flexibility index (Phi) is 14.7. The highest BCUT2D eigenvalue weighted by molar-refractivity contribution is 9.11. The lowest BCUT2D eigenvalue weighted by Crippen LogP contribution is -2.28. The van der Waals surface area contributed by atoms with Crippen LogP contribution in [0.25, 0.3) is 0 Å². The number of carbonyl (C=O) groups excluding carboxylic acids is 1. The van der Waals surface area contributed by atoms with Gasteiger partial charge in [0, 0.05) is 41.2 Å². The molecule has 1 amide bonds. The van der Waals surface area contributed by atoms with Gasteiger partial charge in [0.1, 0.15) is 11.5 Å². The summed E-state index contributed by atoms with van der Waals surface area (Å²) in [6.07, 6.45) is 6.18. The third-order valence-electron chi connectivity index (χ3n) is 9.12. The summed E-state index contributed by atoms with van der Waals surface area (Å²) >= 11 is 6.91. The van der Waals surface area contributed by atoms with Crippen molar-refractivity contribution in [3.05, 3.63) is 122 Å². The molecule has 0 radical (unpaired) electrons. The van der Waals surface area contributed by atoms with Crippen molar-refractivity contribution in [3.63, 3.8) is 0 Å². The van der Waals surface area contributed by atoms with Gasteiger partial charge in [-0.05, 0) is 171 Å². The lowest BCUT2D eigenvalue weighted by atomic mass is 10.0. The van der Waals surface area contributed by atoms with Crippen molar-refractivity contribution in [2.75, 3.05) is 0 Å². The number of hydrogen-bond acceptors (Lipinski definition) is 7. The topological polar surface area (TPSA) is 177 Å². The predicted octanol–water partition coefficient (Wildman–Crippen LogP) is 7.49. The quantitative estimate of drug-likeness (QED) is 0.137. The first-order valence-electron chi connectivity index (χ1n) is 17.7. The van der Waals surface area contributed by atoms with Crippen molar-refractivity contribution in [3.8, 4) is 11.5 Å². The van der Waals surface area contributed by atoms with Crippen molar-refractivity contribution in [2.24, 2.45) is 5.73 Å². The van der Waals surface area contributed by atoms with Crippen LogP contribution in [0.5, 0.6) is 11.5 Å². The number of aromatic amines is 2. The van der Waals surface area contributed by atoms with Crippen LogP contribution >= 0.6 is 31.9 Å². The van der Waals surface area contributed by atoms with Crippen LogP contribution in [0.4, 0.5) is 0 Å². The molecule has 6 rings (SSSR count). The van der Waals surface area contributed by atoms with Crippen molar-refractivity contribution in [1.82, 2.24) is 15.3 Å². The molecule has 0 saturated carbocycles. The van der Waals surface area contributed by atoms with E-state index in [9.17, 15) is 19.2 Å². The molecule has 0 fully saturated rings. The van der Waals surface area contributed by atoms with Gasteiger partial charge in [-0.15, -0.1) is 0 Å². The number of carbonyl (C=O) groups is 2. The molecule has 2 aliphatic heterocycles. The van der Waals surface area contributed by atoms with Gasteiger partial charge in [0.2, 0.25) is 0 Å². The van der Waals surface area contributed by atoms with Crippen LogP contribution in [0, 0.1) is 27.7 Å². The molecule has 2 unspecified atom stereocenters. The predicted molar refractivity (Wildman–Crippen MR) is 213 cm³/mol. The summed E-state index contributed by atoms with van der Waals surface area (Å²) in [6.45, 7) is 12.1. The molecule has 0 spiro atoms. The molecule has 0 aliphatic carbocycles. The SMILES string of the molecule is CC1CCCc2cc(C(=O)O)cc(Br)c2O1.Cc1cc(C)c(CN)c(=O)[nH]1.Cc1cc(C)c(CNC(=O)c2cc(Br)c3c(c2)CCCC(C)O3)c(=O)[nH]1. The molecule has 2 aromatic carbocycles.